The second kappa shape index (κ2) is 9.62. The van der Waals surface area contributed by atoms with Gasteiger partial charge >= 0.3 is 6.03 Å². The second-order valence-corrected chi connectivity index (χ2v) is 12.1. The summed E-state index contributed by atoms with van der Waals surface area (Å²) in [5.41, 5.74) is 13.1. The van der Waals surface area contributed by atoms with Crippen molar-refractivity contribution in [2.45, 2.75) is 48.6 Å². The number of nitrogens with zero attached hydrogens (tertiary/aromatic N) is 5. The number of piperidine rings is 1. The lowest BCUT2D eigenvalue weighted by Gasteiger charge is -2.38. The number of carbonyl (C=O) groups excluding carboxylic acids is 1. The summed E-state index contributed by atoms with van der Waals surface area (Å²) >= 11 is 0. The molecule has 3 atom stereocenters. The second-order valence-electron chi connectivity index (χ2n) is 10.1. The lowest BCUT2D eigenvalue weighted by molar-refractivity contribution is 0.0650. The van der Waals surface area contributed by atoms with Gasteiger partial charge in [-0.15, -0.1) is 0 Å². The van der Waals surface area contributed by atoms with Crippen LogP contribution in [0.2, 0.25) is 0 Å². The maximum atomic E-state index is 13.0. The number of anilines is 1. The lowest BCUT2D eigenvalue weighted by Crippen LogP contribution is -2.50. The Morgan fingerprint density at radius 2 is 1.77 bits per heavy atom. The van der Waals surface area contributed by atoms with Crippen molar-refractivity contribution >= 4 is 27.3 Å². The Balaban J connectivity index is 1.42. The van der Waals surface area contributed by atoms with Gasteiger partial charge in [0.05, 0.1) is 24.7 Å². The Morgan fingerprint density at radius 3 is 2.38 bits per heavy atom. The molecule has 0 spiro atoms. The molecule has 2 aliphatic heterocycles. The fourth-order valence-corrected chi connectivity index (χ4v) is 7.14. The summed E-state index contributed by atoms with van der Waals surface area (Å²) in [7, 11) is -2.32. The number of carbonyl (C=O) groups is 1. The van der Waals surface area contributed by atoms with E-state index in [2.05, 4.69) is 15.6 Å². The number of hydrogen-bond acceptors (Lipinski definition) is 8. The van der Waals surface area contributed by atoms with Crippen LogP contribution in [0.3, 0.4) is 0 Å². The summed E-state index contributed by atoms with van der Waals surface area (Å²) in [6, 6.07) is 13.4. The van der Waals surface area contributed by atoms with Gasteiger partial charge < -0.3 is 10.6 Å². The molecule has 3 N–H and O–H groups in total. The number of fused-ring (bicyclic) bond motifs is 3. The molecule has 11 nitrogen and oxygen atoms in total. The summed E-state index contributed by atoms with van der Waals surface area (Å²) in [6.07, 6.45) is 7.36. The molecule has 0 saturated carbocycles. The zero-order chi connectivity index (χ0) is 27.3. The number of benzene rings is 1. The van der Waals surface area contributed by atoms with Crippen LogP contribution >= 0.6 is 0 Å². The van der Waals surface area contributed by atoms with Gasteiger partial charge in [-0.3, -0.25) is 9.82 Å². The van der Waals surface area contributed by atoms with E-state index in [0.29, 0.717) is 29.7 Å². The monoisotopic (exact) mass is 547 g/mol. The minimum atomic E-state index is -3.72. The topological polar surface area (TPSA) is 145 Å². The Hall–Kier alpha value is -4.03. The maximum absolute atomic E-state index is 13.0. The molecule has 0 radical (unpaired) electrons. The van der Waals surface area contributed by atoms with Gasteiger partial charge in [0, 0.05) is 47.1 Å². The molecule has 4 aromatic rings. The van der Waals surface area contributed by atoms with E-state index in [9.17, 15) is 13.2 Å². The minimum Gasteiger partial charge on any atom is -0.382 e. The van der Waals surface area contributed by atoms with Crippen molar-refractivity contribution in [3.63, 3.8) is 0 Å². The molecule has 2 amide bonds. The number of urea groups is 1. The van der Waals surface area contributed by atoms with E-state index in [1.165, 1.54) is 11.6 Å². The summed E-state index contributed by atoms with van der Waals surface area (Å²) in [4.78, 5) is 28.8. The SMILES string of the molecule is CONC(=O)N1[C@@H]2CC[C@H]1CC(c1nc3c(-c4ccc(-c5ccccc5)nc4)cnn3c(N)c1S(C)(=O)=O)C2. The van der Waals surface area contributed by atoms with Crippen LogP contribution in [0.1, 0.15) is 37.3 Å². The first-order valence-electron chi connectivity index (χ1n) is 12.8. The quantitative estimate of drug-likeness (QED) is 0.362. The molecule has 2 fully saturated rings. The van der Waals surface area contributed by atoms with Crippen LogP contribution in [-0.4, -0.2) is 64.4 Å². The first-order chi connectivity index (χ1) is 18.8. The third kappa shape index (κ3) is 4.39. The number of nitrogen functional groups attached to an aromatic ring is 1. The number of hydrogen-bond donors (Lipinski definition) is 2. The largest absolute Gasteiger partial charge is 0.382 e. The molecule has 39 heavy (non-hydrogen) atoms. The average molecular weight is 548 g/mol. The van der Waals surface area contributed by atoms with Crippen LogP contribution in [0.4, 0.5) is 10.6 Å². The molecule has 6 rings (SSSR count). The zero-order valence-corrected chi connectivity index (χ0v) is 22.4. The van der Waals surface area contributed by atoms with Crippen LogP contribution in [-0.2, 0) is 14.7 Å². The maximum Gasteiger partial charge on any atom is 0.341 e. The zero-order valence-electron chi connectivity index (χ0n) is 21.6. The van der Waals surface area contributed by atoms with Gasteiger partial charge in [0.25, 0.3) is 0 Å². The van der Waals surface area contributed by atoms with Gasteiger partial charge in [-0.1, -0.05) is 36.4 Å². The summed E-state index contributed by atoms with van der Waals surface area (Å²) < 4.78 is 27.4. The van der Waals surface area contributed by atoms with Crippen LogP contribution in [0.15, 0.2) is 59.8 Å². The molecule has 0 aliphatic carbocycles. The Morgan fingerprint density at radius 1 is 1.05 bits per heavy atom. The molecule has 2 bridgehead atoms. The van der Waals surface area contributed by atoms with Gasteiger partial charge in [-0.05, 0) is 31.7 Å². The Labute approximate surface area is 225 Å². The summed E-state index contributed by atoms with van der Waals surface area (Å²) in [5, 5.41) is 4.40. The summed E-state index contributed by atoms with van der Waals surface area (Å²) in [5.74, 6) is -0.156. The highest BCUT2D eigenvalue weighted by Gasteiger charge is 2.45. The van der Waals surface area contributed by atoms with Crippen molar-refractivity contribution in [2.24, 2.45) is 0 Å². The van der Waals surface area contributed by atoms with Gasteiger partial charge in [0.2, 0.25) is 0 Å². The first kappa shape index (κ1) is 25.3. The van der Waals surface area contributed by atoms with E-state index < -0.39 is 9.84 Å². The van der Waals surface area contributed by atoms with Gasteiger partial charge in [0.15, 0.2) is 15.5 Å². The number of hydroxylamine groups is 1. The van der Waals surface area contributed by atoms with Gasteiger partial charge in [0.1, 0.15) is 10.7 Å². The smallest absolute Gasteiger partial charge is 0.341 e. The molecular weight excluding hydrogens is 518 g/mol. The van der Waals surface area contributed by atoms with Crippen LogP contribution in [0, 0.1) is 0 Å². The molecule has 1 aromatic carbocycles. The highest BCUT2D eigenvalue weighted by molar-refractivity contribution is 7.91. The van der Waals surface area contributed by atoms with E-state index >= 15 is 0 Å². The molecule has 2 saturated heterocycles. The third-order valence-electron chi connectivity index (χ3n) is 7.72. The predicted molar refractivity (Wildman–Crippen MR) is 145 cm³/mol. The van der Waals surface area contributed by atoms with Gasteiger partial charge in [-0.25, -0.2) is 23.7 Å². The molecular formula is C27H29N7O4S. The number of amides is 2. The fourth-order valence-electron chi connectivity index (χ4n) is 6.08. The third-order valence-corrected chi connectivity index (χ3v) is 8.88. The van der Waals surface area contributed by atoms with Crippen molar-refractivity contribution < 1.29 is 18.0 Å². The number of nitrogens with one attached hydrogen (secondary N) is 1. The van der Waals surface area contributed by atoms with E-state index in [0.717, 1.165) is 35.9 Å². The summed E-state index contributed by atoms with van der Waals surface area (Å²) in [6.45, 7) is 0. The number of nitrogens with two attached hydrogens (primary N) is 1. The standard InChI is InChI=1S/C27H29N7O4S/c1-38-32-27(35)33-19-9-10-20(33)13-18(12-19)23-24(39(2,36)37)25(28)34-26(31-23)21(15-30-34)17-8-11-22(29-14-17)16-6-4-3-5-7-16/h3-8,11,14-15,18-20H,9-10,12-13,28H2,1-2H3,(H,32,35)/t18?,19-,20+. The molecule has 3 aromatic heterocycles. The normalized spacial score (nSPS) is 20.9. The lowest BCUT2D eigenvalue weighted by atomic mass is 9.88. The first-order valence-corrected chi connectivity index (χ1v) is 14.7. The van der Waals surface area contributed by atoms with E-state index in [1.807, 2.05) is 47.4 Å². The van der Waals surface area contributed by atoms with Crippen LogP contribution in [0.5, 0.6) is 0 Å². The van der Waals surface area contributed by atoms with Crippen molar-refractivity contribution in [3.8, 4) is 22.4 Å². The Bertz CT molecular complexity index is 1640. The highest BCUT2D eigenvalue weighted by atomic mass is 32.2. The molecule has 12 heteroatoms. The van der Waals surface area contributed by atoms with Crippen molar-refractivity contribution in [1.29, 1.82) is 0 Å². The minimum absolute atomic E-state index is 0.00129. The van der Waals surface area contributed by atoms with Crippen molar-refractivity contribution in [2.75, 3.05) is 19.1 Å². The van der Waals surface area contributed by atoms with E-state index in [1.54, 1.807) is 12.4 Å². The van der Waals surface area contributed by atoms with E-state index in [-0.39, 0.29) is 34.7 Å². The van der Waals surface area contributed by atoms with Crippen LogP contribution < -0.4 is 11.2 Å². The van der Waals surface area contributed by atoms with Crippen LogP contribution in [0.25, 0.3) is 28.0 Å². The van der Waals surface area contributed by atoms with Gasteiger partial charge in [-0.2, -0.15) is 9.61 Å². The molecule has 5 heterocycles. The van der Waals surface area contributed by atoms with Crippen molar-refractivity contribution in [1.82, 2.24) is 30.0 Å². The molecule has 202 valence electrons. The van der Waals surface area contributed by atoms with E-state index in [4.69, 9.17) is 15.6 Å². The average Bonchev–Trinajstić information content (AvgIpc) is 3.47. The number of rotatable bonds is 5. The number of aromatic nitrogens is 4. The fraction of sp³-hybridized carbons (Fsp3) is 0.333. The van der Waals surface area contributed by atoms with Crippen molar-refractivity contribution in [3.05, 3.63) is 60.6 Å². The number of sulfone groups is 1. The Kier molecular flexibility index (Phi) is 6.23. The molecule has 1 unspecified atom stereocenters. The number of pyridine rings is 1. The highest BCUT2D eigenvalue weighted by Crippen LogP contribution is 2.45. The predicted octanol–water partition coefficient (Wildman–Crippen LogP) is 3.43. The molecule has 2 aliphatic rings.